The van der Waals surface area contributed by atoms with Crippen molar-refractivity contribution >= 4 is 52.2 Å². The summed E-state index contributed by atoms with van der Waals surface area (Å²) in [5, 5.41) is 3.06. The molecule has 0 radical (unpaired) electrons. The summed E-state index contributed by atoms with van der Waals surface area (Å²) in [6.45, 7) is 11.3. The number of methoxy groups -OCH3 is 1. The van der Waals surface area contributed by atoms with E-state index < -0.39 is 11.6 Å². The summed E-state index contributed by atoms with van der Waals surface area (Å²) in [6.07, 6.45) is 2.34. The van der Waals surface area contributed by atoms with Gasteiger partial charge in [-0.3, -0.25) is 9.59 Å². The molecule has 2 rings (SSSR count). The number of nitrogens with zero attached hydrogens (tertiary/aromatic N) is 1. The molecular formula is C25H37N3O5S2. The second-order valence-electron chi connectivity index (χ2n) is 9.98. The molecule has 1 aliphatic rings. The molecule has 1 aliphatic heterocycles. The third-order valence-corrected chi connectivity index (χ3v) is 7.75. The molecule has 8 nitrogen and oxygen atoms in total. The Labute approximate surface area is 217 Å². The molecule has 10 heteroatoms. The van der Waals surface area contributed by atoms with E-state index >= 15 is 0 Å². The number of H-pyrrole nitrogens is 1. The molecular weight excluding hydrogens is 486 g/mol. The molecule has 194 valence electrons. The van der Waals surface area contributed by atoms with Crippen LogP contribution >= 0.6 is 24.0 Å². The van der Waals surface area contributed by atoms with Crippen LogP contribution in [0.1, 0.15) is 68.3 Å². The van der Waals surface area contributed by atoms with E-state index in [2.05, 4.69) is 17.2 Å². The van der Waals surface area contributed by atoms with Crippen LogP contribution in [-0.4, -0.2) is 64.1 Å². The molecule has 1 unspecified atom stereocenters. The number of amides is 1. The fraction of sp³-hybridized carbons (Fsp3) is 0.600. The lowest BCUT2D eigenvalue weighted by Gasteiger charge is -2.24. The van der Waals surface area contributed by atoms with Gasteiger partial charge >= 0.3 is 11.9 Å². The van der Waals surface area contributed by atoms with E-state index in [1.54, 1.807) is 32.5 Å². The molecule has 3 atom stereocenters. The van der Waals surface area contributed by atoms with E-state index in [9.17, 15) is 14.4 Å². The third-order valence-electron chi connectivity index (χ3n) is 5.86. The lowest BCUT2D eigenvalue weighted by atomic mass is 9.91. The first-order chi connectivity index (χ1) is 16.2. The van der Waals surface area contributed by atoms with Crippen molar-refractivity contribution in [3.63, 3.8) is 0 Å². The van der Waals surface area contributed by atoms with Gasteiger partial charge in [-0.2, -0.15) is 0 Å². The highest BCUT2D eigenvalue weighted by atomic mass is 32.2. The Morgan fingerprint density at radius 2 is 1.91 bits per heavy atom. The third kappa shape index (κ3) is 7.33. The van der Waals surface area contributed by atoms with Crippen molar-refractivity contribution in [1.82, 2.24) is 15.2 Å². The van der Waals surface area contributed by atoms with Gasteiger partial charge in [0.15, 0.2) is 0 Å². The topological polar surface area (TPSA) is 101 Å². The van der Waals surface area contributed by atoms with Crippen LogP contribution in [0.2, 0.25) is 0 Å². The Hall–Kier alpha value is -2.33. The molecule has 1 aromatic rings. The Balaban J connectivity index is 2.49. The normalized spacial score (nSPS) is 19.9. The summed E-state index contributed by atoms with van der Waals surface area (Å²) in [7, 11) is 5.13. The maximum atomic E-state index is 13.0. The number of carbonyl (C=O) groups is 3. The second-order valence-corrected chi connectivity index (χ2v) is 12.0. The van der Waals surface area contributed by atoms with Crippen molar-refractivity contribution in [3.05, 3.63) is 28.2 Å². The Morgan fingerprint density at radius 3 is 2.46 bits per heavy atom. The van der Waals surface area contributed by atoms with Crippen molar-refractivity contribution in [2.24, 2.45) is 11.8 Å². The molecule has 1 saturated heterocycles. The first kappa shape index (κ1) is 28.9. The highest BCUT2D eigenvalue weighted by molar-refractivity contribution is 8.23. The second kappa shape index (κ2) is 11.6. The smallest absolute Gasteiger partial charge is 0.355 e. The van der Waals surface area contributed by atoms with Crippen LogP contribution in [-0.2, 0) is 25.5 Å². The zero-order chi connectivity index (χ0) is 26.7. The molecule has 0 spiro atoms. The summed E-state index contributed by atoms with van der Waals surface area (Å²) < 4.78 is 11.1. The maximum Gasteiger partial charge on any atom is 0.355 e. The fourth-order valence-corrected chi connectivity index (χ4v) is 5.51. The molecule has 1 fully saturated rings. The van der Waals surface area contributed by atoms with Gasteiger partial charge in [0, 0.05) is 49.0 Å². The van der Waals surface area contributed by atoms with Gasteiger partial charge in [-0.15, -0.1) is 0 Å². The molecule has 35 heavy (non-hydrogen) atoms. The van der Waals surface area contributed by atoms with Crippen molar-refractivity contribution in [1.29, 1.82) is 0 Å². The summed E-state index contributed by atoms with van der Waals surface area (Å²) in [5.74, 6) is -1.22. The van der Waals surface area contributed by atoms with Crippen molar-refractivity contribution in [2.75, 3.05) is 21.2 Å². The van der Waals surface area contributed by atoms with E-state index in [1.807, 2.05) is 38.9 Å². The largest absolute Gasteiger partial charge is 0.469 e. The van der Waals surface area contributed by atoms with Crippen LogP contribution in [0.4, 0.5) is 0 Å². The number of carbonyl (C=O) groups excluding carboxylic acids is 3. The number of allylic oxidation sites excluding steroid dienone is 1. The Morgan fingerprint density at radius 1 is 1.29 bits per heavy atom. The van der Waals surface area contributed by atoms with Gasteiger partial charge in [0.1, 0.15) is 15.6 Å². The molecule has 0 bridgehead atoms. The average molecular weight is 524 g/mol. The average Bonchev–Trinajstić information content (AvgIpc) is 3.20. The number of aromatic nitrogens is 1. The zero-order valence-corrected chi connectivity index (χ0v) is 23.7. The SMILES string of the molecule is COC(=O)CCc1c(C(=O)OC(C)(C)C)[nH]c(/C=C2\NC(=O)[C@H](C)C2[C@@H](C)SC(=S)N(C)C)c1C. The fourth-order valence-electron chi connectivity index (χ4n) is 4.00. The molecule has 2 heterocycles. The van der Waals surface area contributed by atoms with Crippen LogP contribution < -0.4 is 5.32 Å². The first-order valence-corrected chi connectivity index (χ1v) is 12.9. The van der Waals surface area contributed by atoms with Crippen LogP contribution in [0.5, 0.6) is 0 Å². The maximum absolute atomic E-state index is 13.0. The van der Waals surface area contributed by atoms with Crippen LogP contribution in [0.3, 0.4) is 0 Å². The molecule has 0 aromatic carbocycles. The number of esters is 2. The zero-order valence-electron chi connectivity index (χ0n) is 22.0. The molecule has 1 aromatic heterocycles. The number of nitrogens with one attached hydrogen (secondary N) is 2. The van der Waals surface area contributed by atoms with Gasteiger partial charge in [-0.05, 0) is 51.3 Å². The van der Waals surface area contributed by atoms with Crippen LogP contribution in [0.15, 0.2) is 5.70 Å². The lowest BCUT2D eigenvalue weighted by Crippen LogP contribution is -2.25. The summed E-state index contributed by atoms with van der Waals surface area (Å²) in [4.78, 5) is 42.4. The number of ether oxygens (including phenoxy) is 2. The van der Waals surface area contributed by atoms with Gasteiger partial charge in [0.2, 0.25) is 5.91 Å². The van der Waals surface area contributed by atoms with Crippen LogP contribution in [0, 0.1) is 18.8 Å². The van der Waals surface area contributed by atoms with E-state index in [-0.39, 0.29) is 35.4 Å². The minimum absolute atomic E-state index is 0.0458. The Bertz CT molecular complexity index is 1020. The molecule has 2 N–H and O–H groups in total. The predicted octanol–water partition coefficient (Wildman–Crippen LogP) is 4.08. The van der Waals surface area contributed by atoms with E-state index in [1.165, 1.54) is 7.11 Å². The minimum atomic E-state index is -0.675. The standard InChI is InChI=1S/C25H37N3O5S2/c1-13-16(10-11-19(29)32-9)21(23(31)33-25(4,5)6)26-17(13)12-18-20(14(2)22(30)27-18)15(3)35-24(34)28(7)8/h12,14-15,20,26H,10-11H2,1-9H3,(H,27,30)/b18-12-/t14-,15-,20?/m1/s1. The number of aromatic amines is 1. The van der Waals surface area contributed by atoms with Crippen molar-refractivity contribution < 1.29 is 23.9 Å². The number of hydrogen-bond acceptors (Lipinski definition) is 7. The van der Waals surface area contributed by atoms with Crippen molar-refractivity contribution in [2.45, 2.75) is 65.2 Å². The van der Waals surface area contributed by atoms with E-state index in [0.717, 1.165) is 15.6 Å². The minimum Gasteiger partial charge on any atom is -0.469 e. The monoisotopic (exact) mass is 523 g/mol. The molecule has 0 saturated carbocycles. The number of hydrogen-bond donors (Lipinski definition) is 2. The van der Waals surface area contributed by atoms with E-state index in [0.29, 0.717) is 23.4 Å². The van der Waals surface area contributed by atoms with Gasteiger partial charge in [0.05, 0.1) is 7.11 Å². The van der Waals surface area contributed by atoms with Gasteiger partial charge in [-0.1, -0.05) is 37.8 Å². The molecule has 1 amide bonds. The highest BCUT2D eigenvalue weighted by Gasteiger charge is 2.39. The van der Waals surface area contributed by atoms with E-state index in [4.69, 9.17) is 21.7 Å². The summed E-state index contributed by atoms with van der Waals surface area (Å²) >= 11 is 7.02. The van der Waals surface area contributed by atoms with Gasteiger partial charge in [0.25, 0.3) is 0 Å². The highest BCUT2D eigenvalue weighted by Crippen LogP contribution is 2.37. The number of rotatable bonds is 7. The predicted molar refractivity (Wildman–Crippen MR) is 143 cm³/mol. The summed E-state index contributed by atoms with van der Waals surface area (Å²) in [5.41, 5.74) is 2.60. The number of thioether (sulfide) groups is 1. The van der Waals surface area contributed by atoms with Gasteiger partial charge in [-0.25, -0.2) is 4.79 Å². The Kier molecular flexibility index (Phi) is 9.58. The quantitative estimate of drug-likeness (QED) is 0.407. The van der Waals surface area contributed by atoms with Crippen molar-refractivity contribution in [3.8, 4) is 0 Å². The lowest BCUT2D eigenvalue weighted by molar-refractivity contribution is -0.140. The van der Waals surface area contributed by atoms with Crippen LogP contribution in [0.25, 0.3) is 6.08 Å². The summed E-state index contributed by atoms with van der Waals surface area (Å²) in [6, 6.07) is 0. The number of thiocarbonyl (C=S) groups is 1. The van der Waals surface area contributed by atoms with Gasteiger partial charge < -0.3 is 24.7 Å². The first-order valence-electron chi connectivity index (χ1n) is 11.6. The molecule has 0 aliphatic carbocycles.